The number of rotatable bonds is 8. The van der Waals surface area contributed by atoms with Crippen LogP contribution in [0.15, 0.2) is 53.5 Å². The lowest BCUT2D eigenvalue weighted by molar-refractivity contribution is -0.137. The van der Waals surface area contributed by atoms with E-state index < -0.39 is 42.4 Å². The number of nitrogens with one attached hydrogen (secondary N) is 1. The Labute approximate surface area is 225 Å². The minimum atomic E-state index is -1.45. The van der Waals surface area contributed by atoms with Crippen LogP contribution in [0.25, 0.3) is 16.5 Å². The molecule has 4 N–H and O–H groups in total. The summed E-state index contributed by atoms with van der Waals surface area (Å²) in [6.45, 7) is 4.53. The predicted octanol–water partition coefficient (Wildman–Crippen LogP) is 2.82. The summed E-state index contributed by atoms with van der Waals surface area (Å²) in [5.74, 6) is -2.94. The SMILES string of the molecule is C=C/N=N\C=C(/C)c1ccc2c(c1)c(C(N)=O)nn2CC(=O)N1CC(F)CC1C(=O)Nc1nc(O)cc(Cl)n1. The van der Waals surface area contributed by atoms with E-state index in [0.717, 1.165) is 16.5 Å². The summed E-state index contributed by atoms with van der Waals surface area (Å²) >= 11 is 5.77. The number of halogens is 2. The molecule has 3 heterocycles. The molecule has 0 bridgehead atoms. The maximum atomic E-state index is 14.4. The third kappa shape index (κ3) is 6.06. The zero-order valence-electron chi connectivity index (χ0n) is 20.6. The number of nitrogens with two attached hydrogens (primary N) is 1. The van der Waals surface area contributed by atoms with Crippen molar-refractivity contribution in [2.24, 2.45) is 16.0 Å². The lowest BCUT2D eigenvalue weighted by Crippen LogP contribution is -2.44. The number of benzene rings is 1. The van der Waals surface area contributed by atoms with Crippen molar-refractivity contribution in [1.82, 2.24) is 24.6 Å². The first kappa shape index (κ1) is 27.3. The van der Waals surface area contributed by atoms with Gasteiger partial charge in [0.1, 0.15) is 23.9 Å². The molecule has 1 aliphatic rings. The van der Waals surface area contributed by atoms with Gasteiger partial charge in [0.15, 0.2) is 5.69 Å². The van der Waals surface area contributed by atoms with E-state index in [1.165, 1.54) is 17.1 Å². The first-order valence-corrected chi connectivity index (χ1v) is 11.9. The molecule has 4 rings (SSSR count). The molecule has 0 radical (unpaired) electrons. The maximum Gasteiger partial charge on any atom is 0.269 e. The fraction of sp³-hybridized carbons (Fsp3) is 0.250. The number of likely N-dealkylation sites (tertiary alicyclic amines) is 1. The molecular formula is C24H23ClFN9O4. The zero-order chi connectivity index (χ0) is 28.3. The molecule has 3 amide bonds. The van der Waals surface area contributed by atoms with Crippen molar-refractivity contribution in [2.75, 3.05) is 11.9 Å². The Morgan fingerprint density at radius 1 is 1.31 bits per heavy atom. The van der Waals surface area contributed by atoms with E-state index in [2.05, 4.69) is 37.2 Å². The summed E-state index contributed by atoms with van der Waals surface area (Å²) in [6, 6.07) is 4.98. The first-order valence-electron chi connectivity index (χ1n) is 11.5. The van der Waals surface area contributed by atoms with E-state index in [-0.39, 0.29) is 29.8 Å². The summed E-state index contributed by atoms with van der Waals surface area (Å²) in [5, 5.41) is 23.9. The van der Waals surface area contributed by atoms with Gasteiger partial charge in [0, 0.05) is 24.1 Å². The van der Waals surface area contributed by atoms with Crippen molar-refractivity contribution < 1.29 is 23.9 Å². The van der Waals surface area contributed by atoms with Gasteiger partial charge >= 0.3 is 0 Å². The second-order valence-corrected chi connectivity index (χ2v) is 8.97. The van der Waals surface area contributed by atoms with Crippen molar-refractivity contribution >= 4 is 51.7 Å². The number of allylic oxidation sites excluding steroid dienone is 1. The number of aromatic nitrogens is 4. The highest BCUT2D eigenvalue weighted by atomic mass is 35.5. The number of hydrogen-bond donors (Lipinski definition) is 3. The molecule has 15 heteroatoms. The highest BCUT2D eigenvalue weighted by molar-refractivity contribution is 6.29. The van der Waals surface area contributed by atoms with Gasteiger partial charge in [-0.15, -0.1) is 0 Å². The fourth-order valence-electron chi connectivity index (χ4n) is 4.15. The van der Waals surface area contributed by atoms with Crippen LogP contribution in [-0.4, -0.2) is 66.2 Å². The van der Waals surface area contributed by atoms with Gasteiger partial charge in [0.25, 0.3) is 5.91 Å². The Kier molecular flexibility index (Phi) is 7.95. The Bertz CT molecular complexity index is 1520. The average Bonchev–Trinajstić information content (AvgIpc) is 3.44. The number of azo groups is 1. The molecule has 3 aromatic rings. The summed E-state index contributed by atoms with van der Waals surface area (Å²) in [4.78, 5) is 46.7. The van der Waals surface area contributed by atoms with Gasteiger partial charge in [-0.25, -0.2) is 9.37 Å². The van der Waals surface area contributed by atoms with E-state index >= 15 is 0 Å². The Hall–Kier alpha value is -4.72. The average molecular weight is 556 g/mol. The largest absolute Gasteiger partial charge is 0.493 e. The molecule has 39 heavy (non-hydrogen) atoms. The second kappa shape index (κ2) is 11.3. The van der Waals surface area contributed by atoms with Crippen molar-refractivity contribution in [3.8, 4) is 5.88 Å². The number of nitrogens with zero attached hydrogens (tertiary/aromatic N) is 7. The fourth-order valence-corrected chi connectivity index (χ4v) is 4.33. The molecule has 0 saturated carbocycles. The highest BCUT2D eigenvalue weighted by Crippen LogP contribution is 2.26. The van der Waals surface area contributed by atoms with Gasteiger partial charge in [-0.1, -0.05) is 24.2 Å². The van der Waals surface area contributed by atoms with E-state index in [9.17, 15) is 23.9 Å². The minimum Gasteiger partial charge on any atom is -0.493 e. The Morgan fingerprint density at radius 3 is 2.77 bits per heavy atom. The van der Waals surface area contributed by atoms with Crippen molar-refractivity contribution in [3.05, 3.63) is 59.7 Å². The van der Waals surface area contributed by atoms with Crippen molar-refractivity contribution in [2.45, 2.75) is 32.1 Å². The van der Waals surface area contributed by atoms with Crippen LogP contribution in [0, 0.1) is 0 Å². The van der Waals surface area contributed by atoms with Gasteiger partial charge < -0.3 is 15.7 Å². The number of aromatic hydroxyl groups is 1. The van der Waals surface area contributed by atoms with Gasteiger partial charge in [-0.05, 0) is 30.2 Å². The number of amides is 3. The number of alkyl halides is 1. The molecule has 1 aliphatic heterocycles. The molecule has 13 nitrogen and oxygen atoms in total. The molecule has 2 atom stereocenters. The lowest BCUT2D eigenvalue weighted by Gasteiger charge is -2.23. The molecular weight excluding hydrogens is 533 g/mol. The smallest absolute Gasteiger partial charge is 0.269 e. The molecule has 2 aromatic heterocycles. The normalized spacial score (nSPS) is 17.6. The van der Waals surface area contributed by atoms with Crippen LogP contribution < -0.4 is 11.1 Å². The van der Waals surface area contributed by atoms with Gasteiger partial charge in [-0.3, -0.25) is 24.4 Å². The molecule has 0 spiro atoms. The summed E-state index contributed by atoms with van der Waals surface area (Å²) in [6.07, 6.45) is 1.09. The predicted molar refractivity (Wildman–Crippen MR) is 139 cm³/mol. The van der Waals surface area contributed by atoms with E-state index in [0.29, 0.717) is 16.5 Å². The summed E-state index contributed by atoms with van der Waals surface area (Å²) in [7, 11) is 0. The Balaban J connectivity index is 1.59. The summed E-state index contributed by atoms with van der Waals surface area (Å²) in [5.41, 5.74) is 7.36. The van der Waals surface area contributed by atoms with Gasteiger partial charge in [0.05, 0.1) is 18.3 Å². The zero-order valence-corrected chi connectivity index (χ0v) is 21.3. The minimum absolute atomic E-state index is 0.0582. The van der Waals surface area contributed by atoms with Crippen LogP contribution in [0.5, 0.6) is 5.88 Å². The number of anilines is 1. The van der Waals surface area contributed by atoms with Crippen LogP contribution in [0.1, 0.15) is 29.4 Å². The number of carbonyl (C=O) groups is 3. The monoisotopic (exact) mass is 555 g/mol. The van der Waals surface area contributed by atoms with Gasteiger partial charge in [-0.2, -0.15) is 20.3 Å². The topological polar surface area (TPSA) is 181 Å². The summed E-state index contributed by atoms with van der Waals surface area (Å²) < 4.78 is 15.6. The Morgan fingerprint density at radius 2 is 2.08 bits per heavy atom. The molecule has 1 aromatic carbocycles. The second-order valence-electron chi connectivity index (χ2n) is 8.58. The molecule has 202 valence electrons. The number of primary amides is 1. The third-order valence-corrected chi connectivity index (χ3v) is 6.11. The van der Waals surface area contributed by atoms with Crippen LogP contribution in [0.2, 0.25) is 5.15 Å². The molecule has 2 unspecified atom stereocenters. The van der Waals surface area contributed by atoms with Crippen LogP contribution in [0.3, 0.4) is 0 Å². The van der Waals surface area contributed by atoms with Crippen LogP contribution in [0.4, 0.5) is 10.3 Å². The van der Waals surface area contributed by atoms with E-state index in [4.69, 9.17) is 17.3 Å². The van der Waals surface area contributed by atoms with Crippen LogP contribution in [-0.2, 0) is 16.1 Å². The van der Waals surface area contributed by atoms with Crippen molar-refractivity contribution in [1.29, 1.82) is 0 Å². The quantitative estimate of drug-likeness (QED) is 0.282. The van der Waals surface area contributed by atoms with Gasteiger partial charge in [0.2, 0.25) is 23.6 Å². The molecule has 0 aliphatic carbocycles. The third-order valence-electron chi connectivity index (χ3n) is 5.91. The van der Waals surface area contributed by atoms with E-state index in [1.54, 1.807) is 25.1 Å². The molecule has 1 fully saturated rings. The van der Waals surface area contributed by atoms with E-state index in [1.807, 2.05) is 0 Å². The maximum absolute atomic E-state index is 14.4. The number of fused-ring (bicyclic) bond motifs is 1. The van der Waals surface area contributed by atoms with Crippen molar-refractivity contribution in [3.63, 3.8) is 0 Å². The first-order chi connectivity index (χ1) is 18.6. The van der Waals surface area contributed by atoms with Crippen LogP contribution >= 0.6 is 11.6 Å². The number of hydrogen-bond acceptors (Lipinski definition) is 9. The highest BCUT2D eigenvalue weighted by Gasteiger charge is 2.40. The number of carbonyl (C=O) groups excluding carboxylic acids is 3. The lowest BCUT2D eigenvalue weighted by atomic mass is 10.0. The molecule has 1 saturated heterocycles. The standard InChI is InChI=1S/C24H23ClFN9O4/c1-3-28-29-9-12(2)13-4-5-16-15(6-13)21(22(27)38)33-35(16)11-20(37)34-10-14(26)7-17(34)23(39)32-24-30-18(25)8-19(36)31-24/h3-6,8-9,14,17H,1,7,10-11H2,2H3,(H2,27,38)(H2,30,31,32,36,39)/b12-9+,29-28-.